The minimum Gasteiger partial charge on any atom is -0.507 e. The predicted molar refractivity (Wildman–Crippen MR) is 85.7 cm³/mol. The van der Waals surface area contributed by atoms with Crippen LogP contribution in [-0.4, -0.2) is 43.5 Å². The molecule has 1 aromatic heterocycles. The summed E-state index contributed by atoms with van der Waals surface area (Å²) in [5.74, 6) is -0.292. The number of hydrogen-bond donors (Lipinski definition) is 1. The van der Waals surface area contributed by atoms with Crippen LogP contribution in [0.2, 0.25) is 0 Å². The summed E-state index contributed by atoms with van der Waals surface area (Å²) in [5.41, 5.74) is -0.160. The lowest BCUT2D eigenvalue weighted by Gasteiger charge is -2.37. The van der Waals surface area contributed by atoms with Crippen LogP contribution in [0, 0.1) is 16.0 Å². The van der Waals surface area contributed by atoms with Crippen LogP contribution in [0.25, 0.3) is 0 Å². The first-order valence-electron chi connectivity index (χ1n) is 7.71. The number of phenols is 1. The number of benzene rings is 1. The van der Waals surface area contributed by atoms with E-state index in [1.165, 1.54) is 12.1 Å². The molecule has 1 N–H and O–H groups in total. The molecule has 3 rings (SSSR count). The summed E-state index contributed by atoms with van der Waals surface area (Å²) < 4.78 is 1.99. The standard InChI is InChI=1S/C16H18N4O4/c1-11-4-6-18(9-14(11)19-7-5-17-10-19)16(22)13-3-2-12(20(23)24)8-15(13)21/h2-3,5,7-8,10-11,14,21H,4,6,9H2,1H3/t11-,14-/m1/s1. The van der Waals surface area contributed by atoms with Crippen LogP contribution < -0.4 is 0 Å². The first-order valence-corrected chi connectivity index (χ1v) is 7.71. The van der Waals surface area contributed by atoms with Gasteiger partial charge in [0.1, 0.15) is 5.75 Å². The van der Waals surface area contributed by atoms with Gasteiger partial charge >= 0.3 is 0 Å². The fraction of sp³-hybridized carbons (Fsp3) is 0.375. The van der Waals surface area contributed by atoms with Crippen molar-refractivity contribution in [2.45, 2.75) is 19.4 Å². The zero-order valence-corrected chi connectivity index (χ0v) is 13.2. The average molecular weight is 330 g/mol. The second-order valence-electron chi connectivity index (χ2n) is 6.05. The van der Waals surface area contributed by atoms with E-state index < -0.39 is 4.92 Å². The number of nitro benzene ring substituents is 1. The molecule has 1 aromatic carbocycles. The van der Waals surface area contributed by atoms with E-state index in [1.807, 2.05) is 10.8 Å². The number of aromatic hydroxyl groups is 1. The molecular formula is C16H18N4O4. The van der Waals surface area contributed by atoms with Crippen molar-refractivity contribution in [3.63, 3.8) is 0 Å². The Labute approximate surface area is 138 Å². The van der Waals surface area contributed by atoms with Gasteiger partial charge in [-0.1, -0.05) is 6.92 Å². The molecule has 1 amide bonds. The van der Waals surface area contributed by atoms with E-state index in [4.69, 9.17) is 0 Å². The third kappa shape index (κ3) is 2.94. The fourth-order valence-electron chi connectivity index (χ4n) is 3.07. The SMILES string of the molecule is C[C@@H]1CCN(C(=O)c2ccc([N+](=O)[O-])cc2O)C[C@H]1n1ccnc1. The monoisotopic (exact) mass is 330 g/mol. The minimum atomic E-state index is -0.606. The molecule has 126 valence electrons. The zero-order chi connectivity index (χ0) is 17.3. The van der Waals surface area contributed by atoms with Gasteiger partial charge in [0, 0.05) is 31.5 Å². The van der Waals surface area contributed by atoms with Crippen LogP contribution in [0.4, 0.5) is 5.69 Å². The molecular weight excluding hydrogens is 312 g/mol. The smallest absolute Gasteiger partial charge is 0.273 e. The topological polar surface area (TPSA) is 102 Å². The largest absolute Gasteiger partial charge is 0.507 e. The summed E-state index contributed by atoms with van der Waals surface area (Å²) in [6.45, 7) is 3.23. The molecule has 0 spiro atoms. The second-order valence-corrected chi connectivity index (χ2v) is 6.05. The Hall–Kier alpha value is -2.90. The maximum absolute atomic E-state index is 12.7. The third-order valence-corrected chi connectivity index (χ3v) is 4.54. The van der Waals surface area contributed by atoms with Gasteiger partial charge in [-0.25, -0.2) is 4.98 Å². The summed E-state index contributed by atoms with van der Waals surface area (Å²) in [5, 5.41) is 20.7. The first kappa shape index (κ1) is 16.0. The van der Waals surface area contributed by atoms with Crippen LogP contribution in [0.5, 0.6) is 5.75 Å². The van der Waals surface area contributed by atoms with Gasteiger partial charge in [0.05, 0.1) is 28.9 Å². The molecule has 2 heterocycles. The number of nitro groups is 1. The number of aromatic nitrogens is 2. The number of hydrogen-bond acceptors (Lipinski definition) is 5. The molecule has 0 unspecified atom stereocenters. The highest BCUT2D eigenvalue weighted by molar-refractivity contribution is 5.97. The lowest BCUT2D eigenvalue weighted by Crippen LogP contribution is -2.43. The Balaban J connectivity index is 1.81. The molecule has 8 nitrogen and oxygen atoms in total. The van der Waals surface area contributed by atoms with E-state index >= 15 is 0 Å². The van der Waals surface area contributed by atoms with E-state index in [0.717, 1.165) is 12.5 Å². The molecule has 1 fully saturated rings. The molecule has 2 atom stereocenters. The van der Waals surface area contributed by atoms with Crippen molar-refractivity contribution in [1.29, 1.82) is 0 Å². The predicted octanol–water partition coefficient (Wildman–Crippen LogP) is 2.22. The molecule has 2 aromatic rings. The summed E-state index contributed by atoms with van der Waals surface area (Å²) in [4.78, 5) is 28.6. The number of rotatable bonds is 3. The molecule has 0 saturated carbocycles. The number of phenolic OH excluding ortho intramolecular Hbond substituents is 1. The lowest BCUT2D eigenvalue weighted by molar-refractivity contribution is -0.384. The molecule has 8 heteroatoms. The van der Waals surface area contributed by atoms with Crippen molar-refractivity contribution in [3.05, 3.63) is 52.6 Å². The molecule has 1 saturated heterocycles. The van der Waals surface area contributed by atoms with Crippen molar-refractivity contribution >= 4 is 11.6 Å². The van der Waals surface area contributed by atoms with Gasteiger partial charge in [-0.3, -0.25) is 14.9 Å². The van der Waals surface area contributed by atoms with Crippen LogP contribution in [0.15, 0.2) is 36.9 Å². The summed E-state index contributed by atoms with van der Waals surface area (Å²) in [6, 6.07) is 3.66. The minimum absolute atomic E-state index is 0.0829. The van der Waals surface area contributed by atoms with Crippen LogP contribution >= 0.6 is 0 Å². The number of piperidine rings is 1. The van der Waals surface area contributed by atoms with Gasteiger partial charge in [0.25, 0.3) is 11.6 Å². The Morgan fingerprint density at radius 2 is 2.25 bits per heavy atom. The number of carbonyl (C=O) groups excluding carboxylic acids is 1. The second kappa shape index (κ2) is 6.31. The molecule has 0 radical (unpaired) electrons. The highest BCUT2D eigenvalue weighted by Crippen LogP contribution is 2.30. The van der Waals surface area contributed by atoms with Gasteiger partial charge < -0.3 is 14.6 Å². The van der Waals surface area contributed by atoms with Crippen molar-refractivity contribution in [1.82, 2.24) is 14.5 Å². The normalized spacial score (nSPS) is 20.8. The highest BCUT2D eigenvalue weighted by atomic mass is 16.6. The number of imidazole rings is 1. The van der Waals surface area contributed by atoms with E-state index in [-0.39, 0.29) is 28.9 Å². The molecule has 0 bridgehead atoms. The van der Waals surface area contributed by atoms with Crippen LogP contribution in [0.3, 0.4) is 0 Å². The molecule has 1 aliphatic rings. The first-order chi connectivity index (χ1) is 11.5. The quantitative estimate of drug-likeness (QED) is 0.687. The molecule has 0 aliphatic carbocycles. The molecule has 24 heavy (non-hydrogen) atoms. The van der Waals surface area contributed by atoms with Gasteiger partial charge in [0.15, 0.2) is 0 Å². The summed E-state index contributed by atoms with van der Waals surface area (Å²) in [7, 11) is 0. The van der Waals surface area contributed by atoms with Gasteiger partial charge in [-0.2, -0.15) is 0 Å². The third-order valence-electron chi connectivity index (χ3n) is 4.54. The number of amides is 1. The number of non-ortho nitro benzene ring substituents is 1. The van der Waals surface area contributed by atoms with E-state index in [1.54, 1.807) is 17.4 Å². The zero-order valence-electron chi connectivity index (χ0n) is 13.2. The maximum atomic E-state index is 12.7. The number of likely N-dealkylation sites (tertiary alicyclic amines) is 1. The Morgan fingerprint density at radius 1 is 1.46 bits per heavy atom. The van der Waals surface area contributed by atoms with Crippen molar-refractivity contribution in [2.75, 3.05) is 13.1 Å². The molecule has 1 aliphatic heterocycles. The van der Waals surface area contributed by atoms with Crippen LogP contribution in [-0.2, 0) is 0 Å². The Bertz CT molecular complexity index is 759. The lowest BCUT2D eigenvalue weighted by atomic mass is 9.92. The van der Waals surface area contributed by atoms with E-state index in [0.29, 0.717) is 19.0 Å². The number of nitrogens with zero attached hydrogens (tertiary/aromatic N) is 4. The fourth-order valence-corrected chi connectivity index (χ4v) is 3.07. The van der Waals surface area contributed by atoms with E-state index in [9.17, 15) is 20.0 Å². The Morgan fingerprint density at radius 3 is 2.88 bits per heavy atom. The maximum Gasteiger partial charge on any atom is 0.273 e. The van der Waals surface area contributed by atoms with Crippen LogP contribution in [0.1, 0.15) is 29.7 Å². The van der Waals surface area contributed by atoms with Gasteiger partial charge in [0.2, 0.25) is 0 Å². The summed E-state index contributed by atoms with van der Waals surface area (Å²) >= 11 is 0. The average Bonchev–Trinajstić information content (AvgIpc) is 3.08. The Kier molecular flexibility index (Phi) is 4.20. The van der Waals surface area contributed by atoms with Gasteiger partial charge in [-0.05, 0) is 18.4 Å². The number of carbonyl (C=O) groups is 1. The van der Waals surface area contributed by atoms with Crippen molar-refractivity contribution < 1.29 is 14.8 Å². The van der Waals surface area contributed by atoms with Crippen molar-refractivity contribution in [2.24, 2.45) is 5.92 Å². The highest BCUT2D eigenvalue weighted by Gasteiger charge is 2.31. The summed E-state index contributed by atoms with van der Waals surface area (Å²) in [6.07, 6.45) is 6.15. The van der Waals surface area contributed by atoms with Gasteiger partial charge in [-0.15, -0.1) is 0 Å². The van der Waals surface area contributed by atoms with E-state index in [2.05, 4.69) is 11.9 Å². The van der Waals surface area contributed by atoms with Crippen molar-refractivity contribution in [3.8, 4) is 5.75 Å².